The van der Waals surface area contributed by atoms with E-state index in [0.29, 0.717) is 11.0 Å². The van der Waals surface area contributed by atoms with Gasteiger partial charge in [0.05, 0.1) is 7.11 Å². The molecule has 2 atom stereocenters. The molecule has 0 amide bonds. The lowest BCUT2D eigenvalue weighted by atomic mass is 9.97. The SMILES string of the molecule is C=C(C)[C@H](O)[C@H](O)c1cc2ccc(=O)oc2c(O)c1OC. The van der Waals surface area contributed by atoms with Crippen LogP contribution in [-0.2, 0) is 0 Å². The van der Waals surface area contributed by atoms with Crippen LogP contribution < -0.4 is 10.4 Å². The molecule has 0 unspecified atom stereocenters. The minimum absolute atomic E-state index is 0.0416. The number of aliphatic hydroxyl groups excluding tert-OH is 2. The molecule has 0 fully saturated rings. The molecule has 0 aliphatic rings. The molecule has 0 saturated heterocycles. The van der Waals surface area contributed by atoms with Crippen LogP contribution in [-0.4, -0.2) is 28.5 Å². The summed E-state index contributed by atoms with van der Waals surface area (Å²) in [5.74, 6) is -0.472. The monoisotopic (exact) mass is 292 g/mol. The Bertz CT molecular complexity index is 746. The molecule has 0 bridgehead atoms. The predicted molar refractivity (Wildman–Crippen MR) is 76.5 cm³/mol. The first-order valence-electron chi connectivity index (χ1n) is 6.22. The van der Waals surface area contributed by atoms with Crippen molar-refractivity contribution in [3.05, 3.63) is 46.3 Å². The molecule has 21 heavy (non-hydrogen) atoms. The second-order valence-electron chi connectivity index (χ2n) is 4.76. The molecule has 0 radical (unpaired) electrons. The molecule has 6 heteroatoms. The van der Waals surface area contributed by atoms with E-state index in [1.54, 1.807) is 6.92 Å². The summed E-state index contributed by atoms with van der Waals surface area (Å²) in [5, 5.41) is 30.7. The fourth-order valence-corrected chi connectivity index (χ4v) is 2.07. The van der Waals surface area contributed by atoms with Crippen molar-refractivity contribution >= 4 is 11.0 Å². The van der Waals surface area contributed by atoms with E-state index in [0.717, 1.165) is 0 Å². The fourth-order valence-electron chi connectivity index (χ4n) is 2.07. The van der Waals surface area contributed by atoms with Crippen LogP contribution in [0.5, 0.6) is 11.5 Å². The third-order valence-corrected chi connectivity index (χ3v) is 3.19. The maximum Gasteiger partial charge on any atom is 0.336 e. The maximum atomic E-state index is 11.2. The van der Waals surface area contributed by atoms with E-state index in [9.17, 15) is 20.1 Å². The largest absolute Gasteiger partial charge is 0.502 e. The maximum absolute atomic E-state index is 11.2. The number of hydrogen-bond acceptors (Lipinski definition) is 6. The van der Waals surface area contributed by atoms with Gasteiger partial charge in [-0.1, -0.05) is 6.58 Å². The first-order chi connectivity index (χ1) is 9.86. The predicted octanol–water partition coefficient (Wildman–Crippen LogP) is 1.48. The highest BCUT2D eigenvalue weighted by Crippen LogP contribution is 2.41. The summed E-state index contributed by atoms with van der Waals surface area (Å²) in [6, 6.07) is 4.12. The first kappa shape index (κ1) is 15.1. The average molecular weight is 292 g/mol. The summed E-state index contributed by atoms with van der Waals surface area (Å²) in [5.41, 5.74) is -0.120. The van der Waals surface area contributed by atoms with Gasteiger partial charge in [0, 0.05) is 17.0 Å². The van der Waals surface area contributed by atoms with Crippen LogP contribution in [0.25, 0.3) is 11.0 Å². The number of aromatic hydroxyl groups is 1. The Hall–Kier alpha value is -2.31. The smallest absolute Gasteiger partial charge is 0.336 e. The van der Waals surface area contributed by atoms with Crippen molar-refractivity contribution in [2.24, 2.45) is 0 Å². The fraction of sp³-hybridized carbons (Fsp3) is 0.267. The van der Waals surface area contributed by atoms with E-state index in [4.69, 9.17) is 9.15 Å². The van der Waals surface area contributed by atoms with E-state index in [-0.39, 0.29) is 16.9 Å². The van der Waals surface area contributed by atoms with Gasteiger partial charge in [0.2, 0.25) is 5.75 Å². The summed E-state index contributed by atoms with van der Waals surface area (Å²) in [4.78, 5) is 11.2. The molecule has 0 saturated carbocycles. The normalized spacial score (nSPS) is 13.9. The number of ether oxygens (including phenoxy) is 1. The van der Waals surface area contributed by atoms with Crippen LogP contribution >= 0.6 is 0 Å². The Kier molecular flexibility index (Phi) is 4.02. The van der Waals surface area contributed by atoms with E-state index >= 15 is 0 Å². The van der Waals surface area contributed by atoms with Gasteiger partial charge in [0.1, 0.15) is 12.2 Å². The minimum atomic E-state index is -1.33. The van der Waals surface area contributed by atoms with Crippen LogP contribution in [0, 0.1) is 0 Å². The topological polar surface area (TPSA) is 100 Å². The molecule has 0 aliphatic heterocycles. The van der Waals surface area contributed by atoms with Crippen molar-refractivity contribution < 1.29 is 24.5 Å². The Labute approximate surface area is 120 Å². The van der Waals surface area contributed by atoms with Crippen LogP contribution in [0.2, 0.25) is 0 Å². The summed E-state index contributed by atoms with van der Waals surface area (Å²) in [6.45, 7) is 5.15. The van der Waals surface area contributed by atoms with Crippen molar-refractivity contribution in [3.8, 4) is 11.5 Å². The van der Waals surface area contributed by atoms with Gasteiger partial charge in [-0.2, -0.15) is 0 Å². The van der Waals surface area contributed by atoms with E-state index < -0.39 is 23.6 Å². The zero-order valence-corrected chi connectivity index (χ0v) is 11.7. The molecule has 112 valence electrons. The Morgan fingerprint density at radius 2 is 2.05 bits per heavy atom. The van der Waals surface area contributed by atoms with Crippen LogP contribution in [0.3, 0.4) is 0 Å². The van der Waals surface area contributed by atoms with E-state index in [1.165, 1.54) is 25.3 Å². The van der Waals surface area contributed by atoms with Crippen molar-refractivity contribution in [2.75, 3.05) is 7.11 Å². The molecule has 1 aromatic carbocycles. The molecule has 2 rings (SSSR count). The number of benzene rings is 1. The standard InChI is InChI=1S/C15H16O6/c1-7(2)11(17)12(18)9-6-8-4-5-10(16)21-14(8)13(19)15(9)20-3/h4-6,11-12,17-19H,1H2,2-3H3/t11-,12+/m0/s1. The van der Waals surface area contributed by atoms with Crippen molar-refractivity contribution in [1.29, 1.82) is 0 Å². The number of aliphatic hydroxyl groups is 2. The molecular formula is C15H16O6. The van der Waals surface area contributed by atoms with E-state index in [1.807, 2.05) is 0 Å². The zero-order valence-electron chi connectivity index (χ0n) is 11.7. The number of hydrogen-bond donors (Lipinski definition) is 3. The quantitative estimate of drug-likeness (QED) is 0.583. The number of methoxy groups -OCH3 is 1. The molecule has 1 aromatic heterocycles. The third-order valence-electron chi connectivity index (χ3n) is 3.19. The van der Waals surface area contributed by atoms with Crippen molar-refractivity contribution in [1.82, 2.24) is 0 Å². The summed E-state index contributed by atoms with van der Waals surface area (Å²) in [7, 11) is 1.30. The molecule has 6 nitrogen and oxygen atoms in total. The number of phenols is 1. The lowest BCUT2D eigenvalue weighted by Crippen LogP contribution is -2.19. The van der Waals surface area contributed by atoms with Gasteiger partial charge >= 0.3 is 5.63 Å². The van der Waals surface area contributed by atoms with Crippen molar-refractivity contribution in [2.45, 2.75) is 19.1 Å². The van der Waals surface area contributed by atoms with Gasteiger partial charge in [0.15, 0.2) is 11.3 Å². The molecular weight excluding hydrogens is 276 g/mol. The molecule has 0 spiro atoms. The van der Waals surface area contributed by atoms with Gasteiger partial charge in [-0.3, -0.25) is 0 Å². The summed E-state index contributed by atoms with van der Waals surface area (Å²) in [6.07, 6.45) is -2.55. The zero-order chi connectivity index (χ0) is 15.7. The van der Waals surface area contributed by atoms with Crippen LogP contribution in [0.1, 0.15) is 18.6 Å². The Morgan fingerprint density at radius 3 is 2.62 bits per heavy atom. The molecule has 0 aliphatic carbocycles. The summed E-state index contributed by atoms with van der Waals surface area (Å²) >= 11 is 0. The second-order valence-corrected chi connectivity index (χ2v) is 4.76. The van der Waals surface area contributed by atoms with Gasteiger partial charge < -0.3 is 24.5 Å². The molecule has 3 N–H and O–H groups in total. The number of fused-ring (bicyclic) bond motifs is 1. The van der Waals surface area contributed by atoms with Crippen LogP contribution in [0.15, 0.2) is 39.6 Å². The number of rotatable bonds is 4. The number of phenolic OH excluding ortho intramolecular Hbond substituents is 1. The van der Waals surface area contributed by atoms with Gasteiger partial charge in [-0.25, -0.2) is 4.79 Å². The highest BCUT2D eigenvalue weighted by molar-refractivity contribution is 5.86. The molecule has 1 heterocycles. The van der Waals surface area contributed by atoms with E-state index in [2.05, 4.69) is 6.58 Å². The lowest BCUT2D eigenvalue weighted by Gasteiger charge is -2.21. The first-order valence-corrected chi connectivity index (χ1v) is 6.22. The third kappa shape index (κ3) is 2.63. The highest BCUT2D eigenvalue weighted by Gasteiger charge is 2.26. The second kappa shape index (κ2) is 5.59. The van der Waals surface area contributed by atoms with Gasteiger partial charge in [-0.05, 0) is 24.6 Å². The Morgan fingerprint density at radius 1 is 1.38 bits per heavy atom. The van der Waals surface area contributed by atoms with Gasteiger partial charge in [0.25, 0.3) is 0 Å². The highest BCUT2D eigenvalue weighted by atomic mass is 16.5. The summed E-state index contributed by atoms with van der Waals surface area (Å²) < 4.78 is 9.99. The lowest BCUT2D eigenvalue weighted by molar-refractivity contribution is 0.0398. The van der Waals surface area contributed by atoms with Gasteiger partial charge in [-0.15, -0.1) is 0 Å². The molecule has 2 aromatic rings. The van der Waals surface area contributed by atoms with Crippen molar-refractivity contribution in [3.63, 3.8) is 0 Å². The van der Waals surface area contributed by atoms with Crippen LogP contribution in [0.4, 0.5) is 0 Å². The Balaban J connectivity index is 2.71. The average Bonchev–Trinajstić information content (AvgIpc) is 2.46. The minimum Gasteiger partial charge on any atom is -0.502 e.